The topological polar surface area (TPSA) is 65.4 Å². The van der Waals surface area contributed by atoms with Crippen molar-refractivity contribution in [3.05, 3.63) is 34.9 Å². The highest BCUT2D eigenvalue weighted by atomic mass is 35.5. The van der Waals surface area contributed by atoms with Crippen LogP contribution in [0.4, 0.5) is 5.69 Å². The highest BCUT2D eigenvalue weighted by Crippen LogP contribution is 2.15. The molecule has 1 fully saturated rings. The van der Waals surface area contributed by atoms with Gasteiger partial charge in [-0.3, -0.25) is 10.2 Å². The molecule has 0 bridgehead atoms. The van der Waals surface area contributed by atoms with Crippen molar-refractivity contribution in [2.45, 2.75) is 0 Å². The van der Waals surface area contributed by atoms with Crippen LogP contribution >= 0.6 is 23.8 Å². The van der Waals surface area contributed by atoms with Gasteiger partial charge in [-0.05, 0) is 30.1 Å². The number of thiocarbonyl (C=S) groups is 1. The van der Waals surface area contributed by atoms with Crippen molar-refractivity contribution in [1.29, 1.82) is 5.41 Å². The van der Waals surface area contributed by atoms with Crippen LogP contribution in [-0.4, -0.2) is 48.0 Å². The fraction of sp³-hybridized carbons (Fsp3) is 0.286. The molecule has 7 heteroatoms. The van der Waals surface area contributed by atoms with Gasteiger partial charge in [0, 0.05) is 23.8 Å². The Labute approximate surface area is 133 Å². The standard InChI is InChI=1S/C14H14ClN3O2S/c15-10-1-3-11(4-2-10)17-13(21)12(9-16)14(19)18-5-7-20-8-6-18/h1-4,16H,5-8H2,(H,17,21). The maximum Gasteiger partial charge on any atom is 0.266 e. The molecule has 1 aliphatic heterocycles. The largest absolute Gasteiger partial charge is 0.378 e. The maximum atomic E-state index is 12.3. The number of benzene rings is 1. The van der Waals surface area contributed by atoms with Crippen molar-refractivity contribution >= 4 is 46.3 Å². The maximum absolute atomic E-state index is 12.3. The van der Waals surface area contributed by atoms with Gasteiger partial charge in [0.05, 0.1) is 13.2 Å². The highest BCUT2D eigenvalue weighted by Gasteiger charge is 2.23. The van der Waals surface area contributed by atoms with Crippen LogP contribution in [-0.2, 0) is 9.53 Å². The molecule has 1 amide bonds. The van der Waals surface area contributed by atoms with Gasteiger partial charge in [0.15, 0.2) is 0 Å². The van der Waals surface area contributed by atoms with E-state index in [1.165, 1.54) is 0 Å². The second kappa shape index (κ2) is 7.33. The summed E-state index contributed by atoms with van der Waals surface area (Å²) in [5.74, 6) is 1.83. The monoisotopic (exact) mass is 323 g/mol. The molecule has 2 rings (SSSR count). The van der Waals surface area contributed by atoms with Gasteiger partial charge >= 0.3 is 0 Å². The molecule has 0 saturated carbocycles. The minimum Gasteiger partial charge on any atom is -0.378 e. The fourth-order valence-corrected chi connectivity index (χ4v) is 2.24. The zero-order valence-electron chi connectivity index (χ0n) is 11.2. The number of carbonyl (C=O) groups is 1. The Morgan fingerprint density at radius 2 is 1.95 bits per heavy atom. The van der Waals surface area contributed by atoms with E-state index in [0.717, 1.165) is 0 Å². The molecule has 21 heavy (non-hydrogen) atoms. The molecular weight excluding hydrogens is 310 g/mol. The summed E-state index contributed by atoms with van der Waals surface area (Å²) in [5, 5.41) is 10.8. The Bertz CT molecular complexity index is 591. The van der Waals surface area contributed by atoms with Crippen molar-refractivity contribution in [3.63, 3.8) is 0 Å². The summed E-state index contributed by atoms with van der Waals surface area (Å²) in [6.07, 6.45) is 0. The molecule has 1 aromatic rings. The lowest BCUT2D eigenvalue weighted by Gasteiger charge is -2.27. The minimum absolute atomic E-state index is 0.0434. The number of morpholine rings is 1. The summed E-state index contributed by atoms with van der Waals surface area (Å²) in [6.45, 7) is 1.98. The Hall–Kier alpha value is -1.72. The third-order valence-corrected chi connectivity index (χ3v) is 3.52. The molecule has 110 valence electrons. The van der Waals surface area contributed by atoms with Gasteiger partial charge < -0.3 is 15.0 Å². The summed E-state index contributed by atoms with van der Waals surface area (Å²) >= 11 is 11.0. The van der Waals surface area contributed by atoms with E-state index >= 15 is 0 Å². The van der Waals surface area contributed by atoms with Crippen molar-refractivity contribution in [3.8, 4) is 0 Å². The molecule has 5 nitrogen and oxygen atoms in total. The van der Waals surface area contributed by atoms with E-state index in [1.807, 2.05) is 0 Å². The Morgan fingerprint density at radius 1 is 1.33 bits per heavy atom. The lowest BCUT2D eigenvalue weighted by atomic mass is 10.2. The quantitative estimate of drug-likeness (QED) is 0.508. The van der Waals surface area contributed by atoms with Crippen LogP contribution < -0.4 is 5.32 Å². The van der Waals surface area contributed by atoms with Crippen LogP contribution in [0.5, 0.6) is 0 Å². The van der Waals surface area contributed by atoms with E-state index in [1.54, 1.807) is 29.2 Å². The molecule has 1 saturated heterocycles. The molecular formula is C14H14ClN3O2S. The second-order valence-electron chi connectivity index (χ2n) is 4.37. The van der Waals surface area contributed by atoms with Crippen molar-refractivity contribution in [2.75, 3.05) is 31.6 Å². The SMILES string of the molecule is N=C=C(C(=O)N1CCOCC1)C(=S)Nc1ccc(Cl)cc1. The second-order valence-corrected chi connectivity index (χ2v) is 5.21. The Morgan fingerprint density at radius 3 is 2.52 bits per heavy atom. The molecule has 1 aromatic carbocycles. The molecule has 0 aliphatic carbocycles. The Kier molecular flexibility index (Phi) is 5.47. The number of rotatable bonds is 3. The number of hydrogen-bond donors (Lipinski definition) is 2. The summed E-state index contributed by atoms with van der Waals surface area (Å²) < 4.78 is 5.20. The molecule has 0 spiro atoms. The number of anilines is 1. The van der Waals surface area contributed by atoms with Gasteiger partial charge in [-0.25, -0.2) is 0 Å². The number of amides is 1. The van der Waals surface area contributed by atoms with E-state index in [9.17, 15) is 4.79 Å². The highest BCUT2D eigenvalue weighted by molar-refractivity contribution is 7.81. The van der Waals surface area contributed by atoms with Crippen LogP contribution in [0.3, 0.4) is 0 Å². The number of hydrogen-bond acceptors (Lipinski definition) is 4. The van der Waals surface area contributed by atoms with Crippen molar-refractivity contribution in [2.24, 2.45) is 0 Å². The summed E-state index contributed by atoms with van der Waals surface area (Å²) in [4.78, 5) is 14.1. The van der Waals surface area contributed by atoms with Gasteiger partial charge in [-0.15, -0.1) is 0 Å². The molecule has 0 unspecified atom stereocenters. The van der Waals surface area contributed by atoms with E-state index in [0.29, 0.717) is 37.0 Å². The first-order valence-corrected chi connectivity index (χ1v) is 7.14. The predicted octanol–water partition coefficient (Wildman–Crippen LogP) is 2.11. The van der Waals surface area contributed by atoms with E-state index in [2.05, 4.69) is 11.2 Å². The van der Waals surface area contributed by atoms with Crippen LogP contribution in [0.2, 0.25) is 5.02 Å². The van der Waals surface area contributed by atoms with Gasteiger partial charge in [0.25, 0.3) is 5.91 Å². The van der Waals surface area contributed by atoms with Crippen LogP contribution in [0.1, 0.15) is 0 Å². The zero-order chi connectivity index (χ0) is 15.2. The zero-order valence-corrected chi connectivity index (χ0v) is 12.8. The fourth-order valence-electron chi connectivity index (χ4n) is 1.86. The van der Waals surface area contributed by atoms with Gasteiger partial charge in [-0.1, -0.05) is 23.8 Å². The minimum atomic E-state index is -0.306. The van der Waals surface area contributed by atoms with Crippen LogP contribution in [0, 0.1) is 5.41 Å². The first-order valence-electron chi connectivity index (χ1n) is 6.35. The third kappa shape index (κ3) is 4.12. The Balaban J connectivity index is 2.06. The first kappa shape index (κ1) is 15.7. The summed E-state index contributed by atoms with van der Waals surface area (Å²) in [5.41, 5.74) is 0.744. The van der Waals surface area contributed by atoms with Gasteiger partial charge in [-0.2, -0.15) is 0 Å². The lowest BCUT2D eigenvalue weighted by molar-refractivity contribution is -0.130. The molecule has 1 aliphatic rings. The van der Waals surface area contributed by atoms with Gasteiger partial charge in [0.2, 0.25) is 0 Å². The molecule has 1 heterocycles. The number of carbonyl (C=O) groups excluding carboxylic acids is 1. The number of halogens is 1. The molecule has 0 radical (unpaired) electrons. The van der Waals surface area contributed by atoms with E-state index < -0.39 is 0 Å². The third-order valence-electron chi connectivity index (χ3n) is 2.97. The molecule has 2 N–H and O–H groups in total. The summed E-state index contributed by atoms with van der Waals surface area (Å²) in [7, 11) is 0. The van der Waals surface area contributed by atoms with Crippen molar-refractivity contribution in [1.82, 2.24) is 4.90 Å². The number of nitrogens with one attached hydrogen (secondary N) is 2. The lowest BCUT2D eigenvalue weighted by Crippen LogP contribution is -2.43. The average Bonchev–Trinajstić information content (AvgIpc) is 2.51. The van der Waals surface area contributed by atoms with Crippen LogP contribution in [0.15, 0.2) is 29.8 Å². The van der Waals surface area contributed by atoms with Crippen LogP contribution in [0.25, 0.3) is 0 Å². The van der Waals surface area contributed by atoms with Gasteiger partial charge in [0.1, 0.15) is 10.6 Å². The molecule has 0 aromatic heterocycles. The number of nitrogens with zero attached hydrogens (tertiary/aromatic N) is 1. The smallest absolute Gasteiger partial charge is 0.266 e. The first-order chi connectivity index (χ1) is 10.1. The van der Waals surface area contributed by atoms with E-state index in [4.69, 9.17) is 34.0 Å². The average molecular weight is 324 g/mol. The van der Waals surface area contributed by atoms with E-state index in [-0.39, 0.29) is 16.5 Å². The summed E-state index contributed by atoms with van der Waals surface area (Å²) in [6, 6.07) is 6.92. The molecule has 0 atom stereocenters. The number of ether oxygens (including phenoxy) is 1. The normalized spacial score (nSPS) is 14.2. The predicted molar refractivity (Wildman–Crippen MR) is 86.3 cm³/mol. The van der Waals surface area contributed by atoms with Crippen molar-refractivity contribution < 1.29 is 9.53 Å².